The van der Waals surface area contributed by atoms with Crippen LogP contribution >= 0.6 is 0 Å². The van der Waals surface area contributed by atoms with E-state index in [9.17, 15) is 0 Å². The molecule has 0 atom stereocenters. The van der Waals surface area contributed by atoms with Gasteiger partial charge in [-0.05, 0) is 70.8 Å². The molecule has 0 aliphatic heterocycles. The molecule has 4 aromatic carbocycles. The van der Waals surface area contributed by atoms with Crippen LogP contribution in [0.15, 0.2) is 97.1 Å². The van der Waals surface area contributed by atoms with Gasteiger partial charge >= 0.3 is 29.6 Å². The first-order valence-corrected chi connectivity index (χ1v) is 20.8. The van der Waals surface area contributed by atoms with Crippen LogP contribution in [0.4, 0.5) is 0 Å². The van der Waals surface area contributed by atoms with E-state index in [1.807, 2.05) is 48.5 Å². The van der Waals surface area contributed by atoms with Gasteiger partial charge in [0.1, 0.15) is 16.1 Å². The topological polar surface area (TPSA) is 23.1 Å². The molecule has 0 N–H and O–H groups in total. The van der Waals surface area contributed by atoms with Crippen molar-refractivity contribution < 1.29 is 34.7 Å². The number of hydrogen-bond acceptors (Lipinski definition) is 1. The van der Waals surface area contributed by atoms with E-state index in [1.165, 1.54) is 11.1 Å². The fourth-order valence-electron chi connectivity index (χ4n) is 3.53. The Morgan fingerprint density at radius 3 is 0.814 bits per heavy atom. The number of benzene rings is 4. The SMILES string of the molecule is C#Cc1ccc(-c2ccc(C#C)cc2)cc1.C[O-].C[Si](C)(C)C#Cc1ccc(-c2ccc(C#C[Si](C)(C)C)cc2)cc1.[Na+]. The van der Waals surface area contributed by atoms with Crippen LogP contribution in [-0.2, 0) is 0 Å². The molecule has 1 nitrogen and oxygen atoms in total. The van der Waals surface area contributed by atoms with Crippen LogP contribution in [0.3, 0.4) is 0 Å². The van der Waals surface area contributed by atoms with Crippen molar-refractivity contribution in [1.29, 1.82) is 0 Å². The third kappa shape index (κ3) is 14.0. The Morgan fingerprint density at radius 2 is 0.628 bits per heavy atom. The Balaban J connectivity index is 0.000000424. The zero-order valence-corrected chi connectivity index (χ0v) is 30.8. The molecule has 210 valence electrons. The molecule has 0 radical (unpaired) electrons. The largest absolute Gasteiger partial charge is 1.00 e. The van der Waals surface area contributed by atoms with Crippen molar-refractivity contribution in [2.75, 3.05) is 7.11 Å². The van der Waals surface area contributed by atoms with Crippen molar-refractivity contribution in [1.82, 2.24) is 0 Å². The average Bonchev–Trinajstić information content (AvgIpc) is 3.00. The molecule has 4 rings (SSSR count). The minimum atomic E-state index is -1.32. The molecule has 0 bridgehead atoms. The standard InChI is InChI=1S/C22H26Si2.C16H10.CH3O.Na/c1-23(2,3)17-15-19-7-11-21(12-8-19)22-13-9-20(10-14-22)16-18-24(4,5)6;1-3-13-5-9-15(10-6-13)16-11-7-14(4-2)8-12-16;1-2;/h7-14H,1-6H3;1-2,5-12H;1H3;/q;;-1;+1. The molecule has 43 heavy (non-hydrogen) atoms. The van der Waals surface area contributed by atoms with E-state index in [4.69, 9.17) is 18.0 Å². The number of hydrogen-bond donors (Lipinski definition) is 0. The third-order valence-electron chi connectivity index (χ3n) is 5.70. The molecule has 0 unspecified atom stereocenters. The second kappa shape index (κ2) is 18.2. The van der Waals surface area contributed by atoms with E-state index in [-0.39, 0.29) is 29.6 Å². The molecule has 0 amide bonds. The predicted molar refractivity (Wildman–Crippen MR) is 186 cm³/mol. The van der Waals surface area contributed by atoms with Gasteiger partial charge in [0.2, 0.25) is 0 Å². The van der Waals surface area contributed by atoms with Gasteiger partial charge in [0.15, 0.2) is 0 Å². The molecule has 0 fully saturated rings. The maximum absolute atomic E-state index is 8.25. The van der Waals surface area contributed by atoms with Crippen LogP contribution in [0, 0.1) is 47.6 Å². The van der Waals surface area contributed by atoms with Crippen molar-refractivity contribution >= 4 is 16.1 Å². The summed E-state index contributed by atoms with van der Waals surface area (Å²) in [5.74, 6) is 11.8. The first kappa shape index (κ1) is 37.5. The van der Waals surface area contributed by atoms with Crippen LogP contribution < -0.4 is 34.7 Å². The summed E-state index contributed by atoms with van der Waals surface area (Å²) in [5.41, 5.74) is 15.5. The van der Waals surface area contributed by atoms with Crippen LogP contribution in [0.25, 0.3) is 22.3 Å². The number of rotatable bonds is 2. The zero-order chi connectivity index (χ0) is 31.2. The predicted octanol–water partition coefficient (Wildman–Crippen LogP) is 5.11. The Hall–Kier alpha value is -3.49. The minimum absolute atomic E-state index is 0. The average molecular weight is 603 g/mol. The summed E-state index contributed by atoms with van der Waals surface area (Å²) in [5, 5.41) is 8.25. The van der Waals surface area contributed by atoms with Crippen LogP contribution in [0.5, 0.6) is 0 Å². The molecule has 0 aliphatic rings. The summed E-state index contributed by atoms with van der Waals surface area (Å²) in [4.78, 5) is 0. The van der Waals surface area contributed by atoms with Gasteiger partial charge < -0.3 is 5.11 Å². The molecule has 0 spiro atoms. The second-order valence-electron chi connectivity index (χ2n) is 11.6. The van der Waals surface area contributed by atoms with Gasteiger partial charge in [0.25, 0.3) is 0 Å². The first-order valence-electron chi connectivity index (χ1n) is 13.8. The fourth-order valence-corrected chi connectivity index (χ4v) is 4.57. The smallest absolute Gasteiger partial charge is 0.857 e. The number of terminal acetylenes is 2. The Morgan fingerprint density at radius 1 is 0.419 bits per heavy atom. The van der Waals surface area contributed by atoms with E-state index in [1.54, 1.807) is 0 Å². The summed E-state index contributed by atoms with van der Waals surface area (Å²) in [6.07, 6.45) is 10.6. The van der Waals surface area contributed by atoms with E-state index in [0.29, 0.717) is 0 Å². The van der Waals surface area contributed by atoms with Crippen molar-refractivity contribution in [2.45, 2.75) is 39.3 Å². The molecule has 0 heterocycles. The van der Waals surface area contributed by atoms with Gasteiger partial charge in [0.05, 0.1) is 0 Å². The molecule has 0 saturated carbocycles. The fraction of sp³-hybridized carbons (Fsp3) is 0.179. The van der Waals surface area contributed by atoms with Crippen molar-refractivity contribution in [2.24, 2.45) is 0 Å². The van der Waals surface area contributed by atoms with Gasteiger partial charge in [-0.15, -0.1) is 23.9 Å². The van der Waals surface area contributed by atoms with Crippen molar-refractivity contribution in [3.63, 3.8) is 0 Å². The van der Waals surface area contributed by atoms with Gasteiger partial charge in [-0.3, -0.25) is 0 Å². The summed E-state index contributed by atoms with van der Waals surface area (Å²) in [6.45, 7) is 13.6. The molecule has 0 aromatic heterocycles. The Bertz CT molecular complexity index is 1510. The van der Waals surface area contributed by atoms with E-state index >= 15 is 0 Å². The zero-order valence-electron chi connectivity index (χ0n) is 26.8. The van der Waals surface area contributed by atoms with Crippen LogP contribution in [0.2, 0.25) is 39.3 Å². The van der Waals surface area contributed by atoms with Crippen molar-refractivity contribution in [3.8, 4) is 69.9 Å². The van der Waals surface area contributed by atoms with E-state index in [2.05, 4.69) is 123 Å². The summed E-state index contributed by atoms with van der Waals surface area (Å²) in [7, 11) is -1.88. The Labute approximate surface area is 284 Å². The first-order chi connectivity index (χ1) is 20.0. The van der Waals surface area contributed by atoms with Gasteiger partial charge in [-0.1, -0.05) is 111 Å². The molecular formula is C39H39NaOSi2. The molecule has 0 saturated heterocycles. The maximum atomic E-state index is 8.25. The van der Waals surface area contributed by atoms with E-state index in [0.717, 1.165) is 40.5 Å². The van der Waals surface area contributed by atoms with Crippen LogP contribution in [0.1, 0.15) is 22.3 Å². The quantitative estimate of drug-likeness (QED) is 0.231. The minimum Gasteiger partial charge on any atom is -0.857 e. The second-order valence-corrected chi connectivity index (χ2v) is 21.1. The van der Waals surface area contributed by atoms with Gasteiger partial charge in [-0.25, -0.2) is 0 Å². The molecular weight excluding hydrogens is 564 g/mol. The summed E-state index contributed by atoms with van der Waals surface area (Å²) in [6, 6.07) is 32.8. The van der Waals surface area contributed by atoms with E-state index < -0.39 is 16.1 Å². The molecule has 4 aromatic rings. The summed E-state index contributed by atoms with van der Waals surface area (Å²) >= 11 is 0. The Kier molecular flexibility index (Phi) is 15.9. The van der Waals surface area contributed by atoms with Crippen LogP contribution in [-0.4, -0.2) is 23.3 Å². The molecule has 0 aliphatic carbocycles. The van der Waals surface area contributed by atoms with Crippen molar-refractivity contribution in [3.05, 3.63) is 119 Å². The molecule has 4 heteroatoms. The van der Waals surface area contributed by atoms with Gasteiger partial charge in [-0.2, -0.15) is 7.11 Å². The normalized spacial score (nSPS) is 9.72. The summed E-state index contributed by atoms with van der Waals surface area (Å²) < 4.78 is 0. The third-order valence-corrected chi connectivity index (χ3v) is 7.45. The van der Waals surface area contributed by atoms with Gasteiger partial charge in [0, 0.05) is 22.3 Å². The monoisotopic (exact) mass is 602 g/mol. The maximum Gasteiger partial charge on any atom is 1.00 e.